The van der Waals surface area contributed by atoms with Gasteiger partial charge in [0, 0.05) is 34.6 Å². The molecule has 10 nitrogen and oxygen atoms in total. The van der Waals surface area contributed by atoms with Gasteiger partial charge in [0.2, 0.25) is 15.9 Å². The second-order valence-electron chi connectivity index (χ2n) is 9.52. The van der Waals surface area contributed by atoms with Crippen molar-refractivity contribution in [1.82, 2.24) is 9.21 Å². The van der Waals surface area contributed by atoms with Gasteiger partial charge in [-0.05, 0) is 49.6 Å². The fourth-order valence-corrected chi connectivity index (χ4v) is 7.96. The van der Waals surface area contributed by atoms with Crippen LogP contribution < -0.4 is 14.2 Å². The van der Waals surface area contributed by atoms with Crippen LogP contribution in [0.15, 0.2) is 41.3 Å². The first-order chi connectivity index (χ1) is 18.6. The van der Waals surface area contributed by atoms with Crippen LogP contribution in [0.5, 0.6) is 17.2 Å². The van der Waals surface area contributed by atoms with Crippen molar-refractivity contribution in [3.05, 3.63) is 46.4 Å². The van der Waals surface area contributed by atoms with Gasteiger partial charge in [0.05, 0.1) is 38.4 Å². The van der Waals surface area contributed by atoms with Gasteiger partial charge >= 0.3 is 0 Å². The van der Waals surface area contributed by atoms with E-state index < -0.39 is 40.7 Å². The van der Waals surface area contributed by atoms with Crippen LogP contribution in [0, 0.1) is 5.92 Å². The summed E-state index contributed by atoms with van der Waals surface area (Å²) in [7, 11) is -1.19. The van der Waals surface area contributed by atoms with Crippen molar-refractivity contribution in [2.75, 3.05) is 40.5 Å². The smallest absolute Gasteiger partial charge is 0.244 e. The molecule has 0 aliphatic carbocycles. The number of hydrogen-bond acceptors (Lipinski definition) is 8. The van der Waals surface area contributed by atoms with Crippen molar-refractivity contribution in [2.45, 2.75) is 42.3 Å². The van der Waals surface area contributed by atoms with Gasteiger partial charge in [0.1, 0.15) is 18.4 Å². The second kappa shape index (κ2) is 12.5. The molecule has 39 heavy (non-hydrogen) atoms. The monoisotopic (exact) mass is 602 g/mol. The topological polar surface area (TPSA) is 126 Å². The molecule has 4 rings (SSSR count). The van der Waals surface area contributed by atoms with Crippen molar-refractivity contribution in [3.63, 3.8) is 0 Å². The summed E-state index contributed by atoms with van der Waals surface area (Å²) in [6.07, 6.45) is 0.0931. The van der Waals surface area contributed by atoms with Crippen molar-refractivity contribution in [1.29, 1.82) is 0 Å². The Morgan fingerprint density at radius 3 is 2.38 bits per heavy atom. The summed E-state index contributed by atoms with van der Waals surface area (Å²) in [4.78, 5) is 15.2. The van der Waals surface area contributed by atoms with Crippen LogP contribution in [0.1, 0.15) is 19.3 Å². The highest BCUT2D eigenvalue weighted by atomic mass is 35.5. The van der Waals surface area contributed by atoms with E-state index in [2.05, 4.69) is 0 Å². The van der Waals surface area contributed by atoms with E-state index in [9.17, 15) is 23.4 Å². The molecule has 1 amide bonds. The van der Waals surface area contributed by atoms with E-state index in [0.29, 0.717) is 36.5 Å². The van der Waals surface area contributed by atoms with Crippen LogP contribution in [-0.4, -0.2) is 92.5 Å². The quantitative estimate of drug-likeness (QED) is 0.425. The zero-order valence-corrected chi connectivity index (χ0v) is 24.0. The average molecular weight is 604 g/mol. The molecule has 2 bridgehead atoms. The molecule has 0 saturated carbocycles. The number of sulfonamides is 1. The Morgan fingerprint density at radius 1 is 1.05 bits per heavy atom. The van der Waals surface area contributed by atoms with Crippen LogP contribution in [0.2, 0.25) is 10.0 Å². The molecule has 4 atom stereocenters. The third-order valence-electron chi connectivity index (χ3n) is 7.21. The lowest BCUT2D eigenvalue weighted by Gasteiger charge is -2.41. The molecule has 0 radical (unpaired) electrons. The van der Waals surface area contributed by atoms with E-state index in [1.165, 1.54) is 41.6 Å². The minimum Gasteiger partial charge on any atom is -0.493 e. The largest absolute Gasteiger partial charge is 0.493 e. The maximum absolute atomic E-state index is 13.9. The molecule has 2 aromatic rings. The number of piperidine rings is 1. The first kappa shape index (κ1) is 29.7. The predicted octanol–water partition coefficient (Wildman–Crippen LogP) is 2.81. The lowest BCUT2D eigenvalue weighted by atomic mass is 9.87. The molecule has 2 N–H and O–H groups in total. The normalized spacial score (nSPS) is 22.8. The molecule has 13 heteroatoms. The van der Waals surface area contributed by atoms with Gasteiger partial charge in [-0.3, -0.25) is 4.79 Å². The van der Waals surface area contributed by atoms with Gasteiger partial charge in [-0.15, -0.1) is 0 Å². The van der Waals surface area contributed by atoms with Gasteiger partial charge in [-0.2, -0.15) is 4.31 Å². The molecule has 1 unspecified atom stereocenters. The Morgan fingerprint density at radius 2 is 1.74 bits per heavy atom. The number of rotatable bonds is 10. The van der Waals surface area contributed by atoms with Crippen LogP contribution in [0.25, 0.3) is 0 Å². The number of aliphatic hydroxyl groups excluding tert-OH is 2. The number of ether oxygens (including phenoxy) is 3. The number of carbonyl (C=O) groups excluding carboxylic acids is 1. The molecule has 2 aliphatic heterocycles. The summed E-state index contributed by atoms with van der Waals surface area (Å²) in [5.41, 5.74) is 0. The van der Waals surface area contributed by atoms with Crippen LogP contribution in [0.4, 0.5) is 0 Å². The number of hydrogen-bond donors (Lipinski definition) is 2. The van der Waals surface area contributed by atoms with Crippen molar-refractivity contribution >= 4 is 39.1 Å². The zero-order chi connectivity index (χ0) is 28.3. The highest BCUT2D eigenvalue weighted by Crippen LogP contribution is 2.39. The summed E-state index contributed by atoms with van der Waals surface area (Å²) < 4.78 is 45.4. The highest BCUT2D eigenvalue weighted by molar-refractivity contribution is 7.89. The number of fused-ring (bicyclic) bond motifs is 2. The SMILES string of the molecule is COc1ccc(OCCN2C[C@H]([C@H](O)CO)[C@@H]3CCCC(C2=O)N3S(=O)(=O)c2cc(Cl)cc(Cl)c2)cc1OC. The number of halogens is 2. The van der Waals surface area contributed by atoms with Gasteiger partial charge in [-0.25, -0.2) is 8.42 Å². The standard InChI is InChI=1S/C26H32Cl2N2O8S/c1-36-24-7-6-18(13-25(24)37-2)38-9-8-29-14-20(23(32)15-31)21-4-3-5-22(26(29)33)30(21)39(34,35)19-11-16(27)10-17(28)12-19/h6-7,10-13,20-23,31-32H,3-5,8-9,14-15H2,1-2H3/t20-,21-,22?,23+/m0/s1. The second-order valence-corrected chi connectivity index (χ2v) is 12.2. The average Bonchev–Trinajstić information content (AvgIpc) is 2.99. The van der Waals surface area contributed by atoms with Gasteiger partial charge in [0.15, 0.2) is 11.5 Å². The van der Waals surface area contributed by atoms with Crippen molar-refractivity contribution < 1.29 is 37.6 Å². The fourth-order valence-electron chi connectivity index (χ4n) is 5.36. The molecular weight excluding hydrogens is 571 g/mol. The van der Waals surface area contributed by atoms with Crippen molar-refractivity contribution in [3.8, 4) is 17.2 Å². The number of aliphatic hydroxyl groups is 2. The molecule has 2 heterocycles. The molecule has 214 valence electrons. The fraction of sp³-hybridized carbons (Fsp3) is 0.500. The van der Waals surface area contributed by atoms with Crippen LogP contribution in [0.3, 0.4) is 0 Å². The van der Waals surface area contributed by atoms with Gasteiger partial charge < -0.3 is 29.3 Å². The minimum atomic E-state index is -4.23. The minimum absolute atomic E-state index is 0.0549. The van der Waals surface area contributed by atoms with E-state index in [-0.39, 0.29) is 40.5 Å². The third kappa shape index (κ3) is 6.23. The number of amides is 1. The van der Waals surface area contributed by atoms with E-state index in [4.69, 9.17) is 37.4 Å². The Labute approximate surface area is 238 Å². The van der Waals surface area contributed by atoms with Crippen LogP contribution >= 0.6 is 23.2 Å². The molecule has 2 fully saturated rings. The number of carbonyl (C=O) groups is 1. The Hall–Kier alpha value is -2.28. The molecule has 2 aromatic carbocycles. The maximum atomic E-state index is 13.9. The summed E-state index contributed by atoms with van der Waals surface area (Å²) in [6.45, 7) is -0.272. The van der Waals surface area contributed by atoms with E-state index in [0.717, 1.165) is 0 Å². The Kier molecular flexibility index (Phi) is 9.51. The highest BCUT2D eigenvalue weighted by Gasteiger charge is 2.51. The Balaban J connectivity index is 1.62. The number of benzene rings is 2. The number of methoxy groups -OCH3 is 2. The zero-order valence-electron chi connectivity index (χ0n) is 21.6. The maximum Gasteiger partial charge on any atom is 0.244 e. The summed E-state index contributed by atoms with van der Waals surface area (Å²) in [6, 6.07) is 7.39. The molecule has 0 aromatic heterocycles. The first-order valence-electron chi connectivity index (χ1n) is 12.5. The Bertz CT molecular complexity index is 1270. The van der Waals surface area contributed by atoms with E-state index in [1.807, 2.05) is 0 Å². The van der Waals surface area contributed by atoms with E-state index >= 15 is 0 Å². The molecular formula is C26H32Cl2N2O8S. The van der Waals surface area contributed by atoms with Gasteiger partial charge in [-0.1, -0.05) is 23.2 Å². The molecule has 2 aliphatic rings. The molecule has 2 saturated heterocycles. The first-order valence-corrected chi connectivity index (χ1v) is 14.7. The molecule has 0 spiro atoms. The summed E-state index contributed by atoms with van der Waals surface area (Å²) in [5.74, 6) is 0.419. The predicted molar refractivity (Wildman–Crippen MR) is 145 cm³/mol. The lowest BCUT2D eigenvalue weighted by molar-refractivity contribution is -0.135. The summed E-state index contributed by atoms with van der Waals surface area (Å²) >= 11 is 12.2. The summed E-state index contributed by atoms with van der Waals surface area (Å²) in [5, 5.41) is 20.9. The van der Waals surface area contributed by atoms with Crippen molar-refractivity contribution in [2.24, 2.45) is 5.92 Å². The van der Waals surface area contributed by atoms with Crippen LogP contribution in [-0.2, 0) is 14.8 Å². The number of nitrogens with zero attached hydrogens (tertiary/aromatic N) is 2. The third-order valence-corrected chi connectivity index (χ3v) is 9.56. The van der Waals surface area contributed by atoms with Gasteiger partial charge in [0.25, 0.3) is 0 Å². The van der Waals surface area contributed by atoms with E-state index in [1.54, 1.807) is 18.2 Å². The lowest BCUT2D eigenvalue weighted by Crippen LogP contribution is -2.56.